The maximum atomic E-state index is 10.0. The van der Waals surface area contributed by atoms with E-state index in [9.17, 15) is 5.11 Å². The molecule has 0 heterocycles. The Hall–Kier alpha value is 0.128. The molecule has 1 saturated carbocycles. The zero-order chi connectivity index (χ0) is 11.0. The van der Waals surface area contributed by atoms with Crippen LogP contribution in [0.5, 0.6) is 0 Å². The summed E-state index contributed by atoms with van der Waals surface area (Å²) in [5.74, 6) is 1.73. The first kappa shape index (κ1) is 24.2. The Balaban J connectivity index is -0.000000640. The predicted molar refractivity (Wildman–Crippen MR) is 82.8 cm³/mol. The minimum Gasteiger partial charge on any atom is -0.393 e. The first-order valence-corrected chi connectivity index (χ1v) is 6.15. The zero-order valence-corrected chi connectivity index (χ0v) is 15.6. The van der Waals surface area contributed by atoms with Gasteiger partial charge in [-0.25, -0.2) is 0 Å². The molecule has 1 nitrogen and oxygen atoms in total. The Kier molecular flexibility index (Phi) is 12.6. The van der Waals surface area contributed by atoms with Crippen LogP contribution in [0.15, 0.2) is 23.3 Å². The maximum Gasteiger partial charge on any atom is 0.0577 e. The van der Waals surface area contributed by atoms with Crippen molar-refractivity contribution < 1.29 is 26.2 Å². The Bertz CT molecular complexity index is 304. The molecule has 2 heteroatoms. The van der Waals surface area contributed by atoms with Crippen molar-refractivity contribution in [1.82, 2.24) is 0 Å². The molecule has 3 atom stereocenters. The summed E-state index contributed by atoms with van der Waals surface area (Å²) in [5, 5.41) is 10.0. The van der Waals surface area contributed by atoms with Crippen LogP contribution in [0.2, 0.25) is 0 Å². The molecule has 19 heavy (non-hydrogen) atoms. The Morgan fingerprint density at radius 2 is 1.68 bits per heavy atom. The molecule has 118 valence electrons. The summed E-state index contributed by atoms with van der Waals surface area (Å²) in [4.78, 5) is 0. The van der Waals surface area contributed by atoms with E-state index in [2.05, 4.69) is 32.9 Å². The molecule has 0 saturated heterocycles. The van der Waals surface area contributed by atoms with Crippen molar-refractivity contribution in [2.45, 2.75) is 46.1 Å². The van der Waals surface area contributed by atoms with Crippen LogP contribution in [0.4, 0.5) is 0 Å². The number of aliphatic hydroxyl groups excluding tert-OH is 1. The third-order valence-corrected chi connectivity index (χ3v) is 4.14. The standard InChI is InChI=1S/C14H22O.3CH3.Pt/c1-9(2)11-5-4-10(3)12-6-7-14(15)13(12)8-11;;;;/h4-5,9,12-15H,6-8H2,1-3H3;3*1H3;/q;3*-1;. The molecule has 1 N–H and O–H groups in total. The van der Waals surface area contributed by atoms with Crippen molar-refractivity contribution in [3.63, 3.8) is 0 Å². The van der Waals surface area contributed by atoms with Gasteiger partial charge in [-0.1, -0.05) is 37.1 Å². The van der Waals surface area contributed by atoms with E-state index < -0.39 is 0 Å². The molecular formula is C17H31OPt-3. The molecule has 0 aromatic heterocycles. The number of hydrogen-bond donors (Lipinski definition) is 1. The van der Waals surface area contributed by atoms with Gasteiger partial charge < -0.3 is 27.4 Å². The summed E-state index contributed by atoms with van der Waals surface area (Å²) in [5.41, 5.74) is 2.97. The summed E-state index contributed by atoms with van der Waals surface area (Å²) in [6.07, 6.45) is 7.75. The van der Waals surface area contributed by atoms with Crippen LogP contribution in [-0.4, -0.2) is 11.2 Å². The minimum absolute atomic E-state index is 0. The zero-order valence-electron chi connectivity index (χ0n) is 13.3. The van der Waals surface area contributed by atoms with Crippen LogP contribution in [-0.2, 0) is 21.1 Å². The van der Waals surface area contributed by atoms with Crippen molar-refractivity contribution in [1.29, 1.82) is 0 Å². The van der Waals surface area contributed by atoms with Crippen LogP contribution >= 0.6 is 0 Å². The van der Waals surface area contributed by atoms with Crippen molar-refractivity contribution >= 4 is 0 Å². The summed E-state index contributed by atoms with van der Waals surface area (Å²) in [6.45, 7) is 6.71. The van der Waals surface area contributed by atoms with E-state index in [0.717, 1.165) is 12.8 Å². The van der Waals surface area contributed by atoms with Gasteiger partial charge in [-0.05, 0) is 43.9 Å². The van der Waals surface area contributed by atoms with E-state index in [1.807, 2.05) is 0 Å². The van der Waals surface area contributed by atoms with E-state index in [1.165, 1.54) is 17.6 Å². The van der Waals surface area contributed by atoms with Gasteiger partial charge >= 0.3 is 0 Å². The van der Waals surface area contributed by atoms with Crippen LogP contribution in [0.1, 0.15) is 40.0 Å². The smallest absolute Gasteiger partial charge is 0.0577 e. The van der Waals surface area contributed by atoms with Gasteiger partial charge in [-0.2, -0.15) is 0 Å². The molecule has 0 aromatic carbocycles. The number of allylic oxidation sites excluding steroid dienone is 4. The summed E-state index contributed by atoms with van der Waals surface area (Å²) < 4.78 is 0. The monoisotopic (exact) mass is 446 g/mol. The van der Waals surface area contributed by atoms with Crippen molar-refractivity contribution in [2.24, 2.45) is 17.8 Å². The molecule has 0 aliphatic heterocycles. The molecule has 3 unspecified atom stereocenters. The molecular weight excluding hydrogens is 415 g/mol. The fourth-order valence-corrected chi connectivity index (χ4v) is 3.02. The van der Waals surface area contributed by atoms with Gasteiger partial charge in [-0.15, -0.1) is 0 Å². The third-order valence-electron chi connectivity index (χ3n) is 4.14. The number of hydrogen-bond acceptors (Lipinski definition) is 1. The Morgan fingerprint density at radius 3 is 2.21 bits per heavy atom. The largest absolute Gasteiger partial charge is 0.393 e. The van der Waals surface area contributed by atoms with Gasteiger partial charge in [0.15, 0.2) is 0 Å². The molecule has 0 radical (unpaired) electrons. The van der Waals surface area contributed by atoms with Crippen LogP contribution in [0, 0.1) is 40.0 Å². The molecule has 2 aliphatic carbocycles. The average molecular weight is 447 g/mol. The quantitative estimate of drug-likeness (QED) is 0.582. The van der Waals surface area contributed by atoms with Gasteiger partial charge in [0.2, 0.25) is 0 Å². The topological polar surface area (TPSA) is 20.2 Å². The molecule has 0 aromatic rings. The molecule has 0 amide bonds. The second-order valence-corrected chi connectivity index (χ2v) is 5.43. The van der Waals surface area contributed by atoms with E-state index in [4.69, 9.17) is 0 Å². The van der Waals surface area contributed by atoms with Crippen molar-refractivity contribution in [3.8, 4) is 0 Å². The first-order chi connectivity index (χ1) is 7.09. The van der Waals surface area contributed by atoms with Gasteiger partial charge in [0, 0.05) is 21.1 Å². The Morgan fingerprint density at radius 1 is 1.11 bits per heavy atom. The fourth-order valence-electron chi connectivity index (χ4n) is 3.02. The average Bonchev–Trinajstić information content (AvgIpc) is 2.43. The molecule has 2 aliphatic rings. The van der Waals surface area contributed by atoms with E-state index in [1.54, 1.807) is 0 Å². The third kappa shape index (κ3) is 5.20. The van der Waals surface area contributed by atoms with E-state index in [-0.39, 0.29) is 49.4 Å². The SMILES string of the molecule is CC1=CC=C(C(C)C)CC2C(O)CCC12.[CH3-].[CH3-].[CH3-].[Pt]. The van der Waals surface area contributed by atoms with Gasteiger partial charge in [-0.3, -0.25) is 0 Å². The van der Waals surface area contributed by atoms with Crippen LogP contribution in [0.3, 0.4) is 0 Å². The van der Waals surface area contributed by atoms with Gasteiger partial charge in [0.05, 0.1) is 6.10 Å². The number of rotatable bonds is 1. The second-order valence-electron chi connectivity index (χ2n) is 5.43. The van der Waals surface area contributed by atoms with E-state index in [0.29, 0.717) is 17.8 Å². The van der Waals surface area contributed by atoms with Gasteiger partial charge in [0.1, 0.15) is 0 Å². The molecule has 1 fully saturated rings. The molecule has 2 rings (SSSR count). The summed E-state index contributed by atoms with van der Waals surface area (Å²) >= 11 is 0. The second kappa shape index (κ2) is 9.94. The van der Waals surface area contributed by atoms with Crippen molar-refractivity contribution in [2.75, 3.05) is 0 Å². The minimum atomic E-state index is -0.0707. The van der Waals surface area contributed by atoms with E-state index >= 15 is 0 Å². The number of aliphatic hydroxyl groups is 1. The van der Waals surface area contributed by atoms with Crippen molar-refractivity contribution in [3.05, 3.63) is 45.6 Å². The number of fused-ring (bicyclic) bond motifs is 1. The predicted octanol–water partition coefficient (Wildman–Crippen LogP) is 4.65. The summed E-state index contributed by atoms with van der Waals surface area (Å²) in [6, 6.07) is 0. The van der Waals surface area contributed by atoms with Crippen LogP contribution < -0.4 is 0 Å². The first-order valence-electron chi connectivity index (χ1n) is 6.15. The molecule has 0 bridgehead atoms. The maximum absolute atomic E-state index is 10.0. The molecule has 0 spiro atoms. The van der Waals surface area contributed by atoms with Gasteiger partial charge in [0.25, 0.3) is 0 Å². The fraction of sp³-hybridized carbons (Fsp3) is 0.588. The Labute approximate surface area is 135 Å². The normalized spacial score (nSPS) is 28.4. The summed E-state index contributed by atoms with van der Waals surface area (Å²) in [7, 11) is 0. The van der Waals surface area contributed by atoms with Crippen LogP contribution in [0.25, 0.3) is 0 Å².